The molecule has 7 nitrogen and oxygen atoms in total. The molecule has 1 saturated heterocycles. The monoisotopic (exact) mass is 459 g/mol. The van der Waals surface area contributed by atoms with Crippen molar-refractivity contribution < 1.29 is 17.9 Å². The van der Waals surface area contributed by atoms with E-state index < -0.39 is 15.9 Å². The molecule has 0 unspecified atom stereocenters. The zero-order valence-electron chi connectivity index (χ0n) is 16.2. The molecule has 1 fully saturated rings. The summed E-state index contributed by atoms with van der Waals surface area (Å²) in [5.74, 6) is -0.136. The van der Waals surface area contributed by atoms with Crippen LogP contribution in [-0.2, 0) is 17.1 Å². The van der Waals surface area contributed by atoms with Gasteiger partial charge in [0.05, 0.1) is 22.7 Å². The predicted molar refractivity (Wildman–Crippen MR) is 114 cm³/mol. The van der Waals surface area contributed by atoms with E-state index in [9.17, 15) is 13.2 Å². The number of benzene rings is 1. The van der Waals surface area contributed by atoms with E-state index in [1.54, 1.807) is 7.05 Å². The molecule has 2 aromatic rings. The van der Waals surface area contributed by atoms with E-state index in [2.05, 4.69) is 5.32 Å². The average molecular weight is 460 g/mol. The fraction of sp³-hybridized carbons (Fsp3) is 0.421. The quantitative estimate of drug-likeness (QED) is 0.727. The highest BCUT2D eigenvalue weighted by molar-refractivity contribution is 7.89. The molecule has 1 aromatic heterocycles. The lowest BCUT2D eigenvalue weighted by atomic mass is 10.2. The molecular formula is C19H23Cl2N3O4S. The highest BCUT2D eigenvalue weighted by atomic mass is 35.5. The Kier molecular flexibility index (Phi) is 6.78. The molecule has 1 aromatic carbocycles. The van der Waals surface area contributed by atoms with Crippen LogP contribution in [0.5, 0.6) is 5.75 Å². The number of carbonyl (C=O) groups excluding carboxylic acids is 1. The second-order valence-electron chi connectivity index (χ2n) is 6.86. The van der Waals surface area contributed by atoms with E-state index >= 15 is 0 Å². The van der Waals surface area contributed by atoms with Crippen molar-refractivity contribution in [1.82, 2.24) is 8.87 Å². The molecule has 0 bridgehead atoms. The maximum Gasteiger partial charge on any atom is 0.272 e. The number of amides is 1. The summed E-state index contributed by atoms with van der Waals surface area (Å²) in [5, 5.41) is 3.19. The molecule has 1 aliphatic rings. The van der Waals surface area contributed by atoms with E-state index in [0.29, 0.717) is 18.8 Å². The van der Waals surface area contributed by atoms with Crippen LogP contribution in [0.2, 0.25) is 10.2 Å². The summed E-state index contributed by atoms with van der Waals surface area (Å²) in [6.45, 7) is 0.993. The number of rotatable bonds is 5. The van der Waals surface area contributed by atoms with Crippen molar-refractivity contribution >= 4 is 44.8 Å². The minimum absolute atomic E-state index is 0.110. The number of hydrogen-bond donors (Lipinski definition) is 1. The van der Waals surface area contributed by atoms with Gasteiger partial charge in [-0.05, 0) is 37.1 Å². The van der Waals surface area contributed by atoms with Gasteiger partial charge in [0.1, 0.15) is 16.6 Å². The van der Waals surface area contributed by atoms with Crippen LogP contribution in [0.25, 0.3) is 0 Å². The fourth-order valence-corrected chi connectivity index (χ4v) is 5.24. The number of methoxy groups -OCH3 is 1. The lowest BCUT2D eigenvalue weighted by Gasteiger charge is -2.21. The van der Waals surface area contributed by atoms with Gasteiger partial charge < -0.3 is 14.6 Å². The maximum atomic E-state index is 13.1. The van der Waals surface area contributed by atoms with Gasteiger partial charge in [0, 0.05) is 20.1 Å². The third kappa shape index (κ3) is 4.55. The zero-order chi connectivity index (χ0) is 21.2. The highest BCUT2D eigenvalue weighted by Gasteiger charge is 2.26. The van der Waals surface area contributed by atoms with Crippen LogP contribution in [0.3, 0.4) is 0 Å². The second-order valence-corrected chi connectivity index (χ2v) is 9.57. The largest absolute Gasteiger partial charge is 0.495 e. The van der Waals surface area contributed by atoms with Gasteiger partial charge in [-0.1, -0.05) is 36.0 Å². The van der Waals surface area contributed by atoms with Crippen LogP contribution in [0, 0.1) is 0 Å². The maximum absolute atomic E-state index is 13.1. The van der Waals surface area contributed by atoms with Crippen molar-refractivity contribution in [3.63, 3.8) is 0 Å². The number of nitrogens with one attached hydrogen (secondary N) is 1. The van der Waals surface area contributed by atoms with Gasteiger partial charge in [-0.25, -0.2) is 8.42 Å². The first-order valence-electron chi connectivity index (χ1n) is 9.26. The predicted octanol–water partition coefficient (Wildman–Crippen LogP) is 4.16. The van der Waals surface area contributed by atoms with Crippen LogP contribution in [0.4, 0.5) is 5.69 Å². The molecule has 1 N–H and O–H groups in total. The third-order valence-electron chi connectivity index (χ3n) is 4.97. The average Bonchev–Trinajstić information content (AvgIpc) is 2.91. The molecule has 0 aliphatic carbocycles. The number of halogens is 2. The van der Waals surface area contributed by atoms with Crippen molar-refractivity contribution in [3.8, 4) is 5.75 Å². The van der Waals surface area contributed by atoms with Crippen LogP contribution >= 0.6 is 23.2 Å². The highest BCUT2D eigenvalue weighted by Crippen LogP contribution is 2.31. The molecule has 2 heterocycles. The van der Waals surface area contributed by atoms with Crippen molar-refractivity contribution in [2.24, 2.45) is 7.05 Å². The van der Waals surface area contributed by atoms with Gasteiger partial charge in [0.25, 0.3) is 5.91 Å². The summed E-state index contributed by atoms with van der Waals surface area (Å²) in [4.78, 5) is 12.8. The summed E-state index contributed by atoms with van der Waals surface area (Å²) < 4.78 is 34.4. The van der Waals surface area contributed by atoms with Gasteiger partial charge >= 0.3 is 0 Å². The fourth-order valence-electron chi connectivity index (χ4n) is 3.32. The summed E-state index contributed by atoms with van der Waals surface area (Å²) >= 11 is 12.0. The smallest absolute Gasteiger partial charge is 0.272 e. The van der Waals surface area contributed by atoms with E-state index in [1.165, 1.54) is 40.2 Å². The summed E-state index contributed by atoms with van der Waals surface area (Å²) in [7, 11) is -0.605. The van der Waals surface area contributed by atoms with E-state index in [4.69, 9.17) is 27.9 Å². The minimum Gasteiger partial charge on any atom is -0.495 e. The van der Waals surface area contributed by atoms with E-state index in [-0.39, 0.29) is 26.5 Å². The van der Waals surface area contributed by atoms with Crippen molar-refractivity contribution in [1.29, 1.82) is 0 Å². The van der Waals surface area contributed by atoms with Crippen LogP contribution in [-0.4, -0.2) is 43.4 Å². The first-order valence-corrected chi connectivity index (χ1v) is 11.5. The van der Waals surface area contributed by atoms with Gasteiger partial charge in [-0.15, -0.1) is 0 Å². The molecule has 0 radical (unpaired) electrons. The van der Waals surface area contributed by atoms with Gasteiger partial charge in [0.2, 0.25) is 10.0 Å². The molecule has 1 aliphatic heterocycles. The Balaban J connectivity index is 1.92. The number of anilines is 1. The number of nitrogens with zero attached hydrogens (tertiary/aromatic N) is 2. The molecule has 1 amide bonds. The van der Waals surface area contributed by atoms with E-state index in [1.807, 2.05) is 0 Å². The molecule has 10 heteroatoms. The van der Waals surface area contributed by atoms with Crippen LogP contribution in [0.1, 0.15) is 36.2 Å². The Morgan fingerprint density at radius 2 is 1.76 bits per heavy atom. The van der Waals surface area contributed by atoms with Crippen molar-refractivity contribution in [2.45, 2.75) is 30.6 Å². The number of ether oxygens (including phenoxy) is 1. The SMILES string of the molecule is COc1ccc(S(=O)(=O)N2CCCCCC2)cc1NC(=O)c1cc(Cl)c(Cl)n1C. The Hall–Kier alpha value is -1.74. The Morgan fingerprint density at radius 1 is 1.10 bits per heavy atom. The molecule has 0 spiro atoms. The van der Waals surface area contributed by atoms with Crippen molar-refractivity contribution in [3.05, 3.63) is 40.1 Å². The van der Waals surface area contributed by atoms with E-state index in [0.717, 1.165) is 25.7 Å². The molecule has 158 valence electrons. The Morgan fingerprint density at radius 3 is 2.31 bits per heavy atom. The van der Waals surface area contributed by atoms with Crippen LogP contribution in [0.15, 0.2) is 29.2 Å². The second kappa shape index (κ2) is 8.95. The first-order chi connectivity index (χ1) is 13.8. The molecular weight excluding hydrogens is 437 g/mol. The normalized spacial score (nSPS) is 15.7. The van der Waals surface area contributed by atoms with Gasteiger partial charge in [0.15, 0.2) is 0 Å². The number of carbonyl (C=O) groups is 1. The summed E-state index contributed by atoms with van der Waals surface area (Å²) in [6.07, 6.45) is 3.73. The lowest BCUT2D eigenvalue weighted by molar-refractivity contribution is 0.101. The lowest BCUT2D eigenvalue weighted by Crippen LogP contribution is -2.32. The third-order valence-corrected chi connectivity index (χ3v) is 7.71. The molecule has 0 atom stereocenters. The summed E-state index contributed by atoms with van der Waals surface area (Å²) in [5.41, 5.74) is 0.490. The summed E-state index contributed by atoms with van der Waals surface area (Å²) in [6, 6.07) is 5.89. The minimum atomic E-state index is -3.66. The molecule has 0 saturated carbocycles. The zero-order valence-corrected chi connectivity index (χ0v) is 18.6. The van der Waals surface area contributed by atoms with Crippen LogP contribution < -0.4 is 10.1 Å². The standard InChI is InChI=1S/C19H23Cl2N3O4S/c1-23-16(12-14(20)18(23)21)19(25)22-15-11-13(7-8-17(15)28-2)29(26,27)24-9-5-3-4-6-10-24/h7-8,11-12H,3-6,9-10H2,1-2H3,(H,22,25). The van der Waals surface area contributed by atoms with Gasteiger partial charge in [-0.3, -0.25) is 4.79 Å². The topological polar surface area (TPSA) is 80.6 Å². The Bertz CT molecular complexity index is 1010. The molecule has 3 rings (SSSR count). The number of sulfonamides is 1. The first kappa shape index (κ1) is 22.0. The Labute approximate surface area is 180 Å². The molecule has 29 heavy (non-hydrogen) atoms. The number of aromatic nitrogens is 1. The van der Waals surface area contributed by atoms with Crippen molar-refractivity contribution in [2.75, 3.05) is 25.5 Å². The number of hydrogen-bond acceptors (Lipinski definition) is 4. The van der Waals surface area contributed by atoms with Gasteiger partial charge in [-0.2, -0.15) is 4.31 Å².